The number of hydrogen-bond donors (Lipinski definition) is 2. The van der Waals surface area contributed by atoms with Crippen molar-refractivity contribution >= 4 is 23.6 Å². The van der Waals surface area contributed by atoms with E-state index in [0.29, 0.717) is 30.4 Å². The molecule has 1 aromatic heterocycles. The molecule has 0 bridgehead atoms. The molecular weight excluding hydrogens is 322 g/mol. The molecular formula is C15H20ClN3O4. The molecule has 1 aliphatic heterocycles. The first-order chi connectivity index (χ1) is 11.0. The Bertz CT molecular complexity index is 552. The van der Waals surface area contributed by atoms with Crippen molar-refractivity contribution in [3.8, 4) is 5.88 Å². The summed E-state index contributed by atoms with van der Waals surface area (Å²) in [4.78, 5) is 28.7. The molecule has 0 aromatic carbocycles. The zero-order chi connectivity index (χ0) is 16.8. The number of amides is 2. The van der Waals surface area contributed by atoms with E-state index in [4.69, 9.17) is 21.4 Å². The molecule has 23 heavy (non-hydrogen) atoms. The van der Waals surface area contributed by atoms with Gasteiger partial charge < -0.3 is 20.1 Å². The normalized spacial score (nSPS) is 20.9. The van der Waals surface area contributed by atoms with E-state index in [9.17, 15) is 9.59 Å². The van der Waals surface area contributed by atoms with E-state index in [1.165, 1.54) is 6.20 Å². The Morgan fingerprint density at radius 2 is 2.26 bits per heavy atom. The van der Waals surface area contributed by atoms with Gasteiger partial charge >= 0.3 is 12.0 Å². The molecule has 1 fully saturated rings. The highest BCUT2D eigenvalue weighted by atomic mass is 35.5. The number of aromatic nitrogens is 1. The van der Waals surface area contributed by atoms with Crippen molar-refractivity contribution in [2.45, 2.75) is 13.3 Å². The predicted molar refractivity (Wildman–Crippen MR) is 84.6 cm³/mol. The van der Waals surface area contributed by atoms with Crippen molar-refractivity contribution < 1.29 is 19.4 Å². The molecule has 0 saturated carbocycles. The lowest BCUT2D eigenvalue weighted by molar-refractivity contribution is -0.143. The van der Waals surface area contributed by atoms with Crippen LogP contribution in [0.15, 0.2) is 18.3 Å². The largest absolute Gasteiger partial charge is 0.481 e. The maximum Gasteiger partial charge on any atom is 0.317 e. The minimum atomic E-state index is -0.855. The van der Waals surface area contributed by atoms with Gasteiger partial charge in [0.1, 0.15) is 6.61 Å². The monoisotopic (exact) mass is 341 g/mol. The third kappa shape index (κ3) is 5.28. The number of halogens is 1. The van der Waals surface area contributed by atoms with Gasteiger partial charge in [-0.05, 0) is 18.4 Å². The second kappa shape index (κ2) is 8.01. The van der Waals surface area contributed by atoms with Crippen LogP contribution in [0.2, 0.25) is 5.02 Å². The van der Waals surface area contributed by atoms with Gasteiger partial charge in [-0.3, -0.25) is 4.79 Å². The van der Waals surface area contributed by atoms with Crippen molar-refractivity contribution in [1.82, 2.24) is 15.2 Å². The van der Waals surface area contributed by atoms with Crippen molar-refractivity contribution in [3.63, 3.8) is 0 Å². The van der Waals surface area contributed by atoms with Gasteiger partial charge in [0, 0.05) is 25.4 Å². The van der Waals surface area contributed by atoms with E-state index < -0.39 is 11.9 Å². The molecule has 126 valence electrons. The Hall–Kier alpha value is -2.02. The average molecular weight is 342 g/mol. The zero-order valence-corrected chi connectivity index (χ0v) is 13.6. The maximum atomic E-state index is 12.1. The lowest BCUT2D eigenvalue weighted by Gasteiger charge is -2.34. The number of rotatable bonds is 5. The molecule has 0 spiro atoms. The lowest BCUT2D eigenvalue weighted by Crippen LogP contribution is -2.50. The smallest absolute Gasteiger partial charge is 0.317 e. The van der Waals surface area contributed by atoms with Crippen LogP contribution in [0.3, 0.4) is 0 Å². The standard InChI is InChI=1S/C15H20ClN3O4/c1-10-6-11(14(20)21)9-19(8-10)15(22)17-4-5-23-13-3-2-12(16)7-18-13/h2-3,7,10-11H,4-6,8-9H2,1H3,(H,17,22)(H,20,21). The Balaban J connectivity index is 1.73. The molecule has 0 radical (unpaired) electrons. The third-order valence-corrected chi connectivity index (χ3v) is 3.85. The van der Waals surface area contributed by atoms with Crippen LogP contribution in [0.5, 0.6) is 5.88 Å². The van der Waals surface area contributed by atoms with Gasteiger partial charge in [-0.15, -0.1) is 0 Å². The molecule has 2 rings (SSSR count). The number of hydrogen-bond acceptors (Lipinski definition) is 4. The molecule has 2 amide bonds. The Morgan fingerprint density at radius 1 is 1.48 bits per heavy atom. The Morgan fingerprint density at radius 3 is 2.91 bits per heavy atom. The molecule has 2 heterocycles. The summed E-state index contributed by atoms with van der Waals surface area (Å²) in [6.45, 7) is 3.34. The van der Waals surface area contributed by atoms with Crippen LogP contribution in [0.4, 0.5) is 4.79 Å². The number of urea groups is 1. The van der Waals surface area contributed by atoms with Crippen LogP contribution in [0.25, 0.3) is 0 Å². The molecule has 1 saturated heterocycles. The highest BCUT2D eigenvalue weighted by Gasteiger charge is 2.31. The molecule has 1 aliphatic rings. The van der Waals surface area contributed by atoms with E-state index >= 15 is 0 Å². The van der Waals surface area contributed by atoms with E-state index in [1.807, 2.05) is 6.92 Å². The molecule has 8 heteroatoms. The summed E-state index contributed by atoms with van der Waals surface area (Å²) in [5, 5.41) is 12.4. The SMILES string of the molecule is CC1CC(C(=O)O)CN(C(=O)NCCOc2ccc(Cl)cn2)C1. The fraction of sp³-hybridized carbons (Fsp3) is 0.533. The van der Waals surface area contributed by atoms with Gasteiger partial charge in [-0.2, -0.15) is 0 Å². The van der Waals surface area contributed by atoms with Gasteiger partial charge in [0.05, 0.1) is 17.5 Å². The van der Waals surface area contributed by atoms with Crippen molar-refractivity contribution in [2.75, 3.05) is 26.2 Å². The fourth-order valence-corrected chi connectivity index (χ4v) is 2.68. The Labute approximate surface area is 139 Å². The first-order valence-electron chi connectivity index (χ1n) is 7.45. The number of carboxylic acid groups (broad SMARTS) is 1. The fourth-order valence-electron chi connectivity index (χ4n) is 2.57. The molecule has 0 aliphatic carbocycles. The summed E-state index contributed by atoms with van der Waals surface area (Å²) in [5.74, 6) is -0.753. The molecule has 2 atom stereocenters. The van der Waals surface area contributed by atoms with E-state index in [-0.39, 0.29) is 25.1 Å². The summed E-state index contributed by atoms with van der Waals surface area (Å²) in [6.07, 6.45) is 2.08. The van der Waals surface area contributed by atoms with Gasteiger partial charge in [0.25, 0.3) is 0 Å². The molecule has 2 unspecified atom stereocenters. The number of nitrogens with one attached hydrogen (secondary N) is 1. The number of carbonyl (C=O) groups excluding carboxylic acids is 1. The second-order valence-corrected chi connectivity index (χ2v) is 6.11. The predicted octanol–water partition coefficient (Wildman–Crippen LogP) is 1.87. The first-order valence-corrected chi connectivity index (χ1v) is 7.83. The van der Waals surface area contributed by atoms with E-state index in [1.54, 1.807) is 17.0 Å². The summed E-state index contributed by atoms with van der Waals surface area (Å²) in [7, 11) is 0. The molecule has 2 N–H and O–H groups in total. The number of piperidine rings is 1. The number of pyridine rings is 1. The zero-order valence-electron chi connectivity index (χ0n) is 12.9. The summed E-state index contributed by atoms with van der Waals surface area (Å²) in [5.41, 5.74) is 0. The first kappa shape index (κ1) is 17.3. The topological polar surface area (TPSA) is 91.8 Å². The van der Waals surface area contributed by atoms with Crippen LogP contribution in [-0.4, -0.2) is 53.2 Å². The van der Waals surface area contributed by atoms with Crippen LogP contribution in [-0.2, 0) is 4.79 Å². The average Bonchev–Trinajstić information content (AvgIpc) is 2.52. The highest BCUT2D eigenvalue weighted by molar-refractivity contribution is 6.30. The number of carbonyl (C=O) groups is 2. The minimum absolute atomic E-state index is 0.171. The summed E-state index contributed by atoms with van der Waals surface area (Å²) >= 11 is 5.72. The highest BCUT2D eigenvalue weighted by Crippen LogP contribution is 2.21. The van der Waals surface area contributed by atoms with Gasteiger partial charge in [0.2, 0.25) is 5.88 Å². The van der Waals surface area contributed by atoms with Gasteiger partial charge in [0.15, 0.2) is 0 Å². The number of carboxylic acids is 1. The van der Waals surface area contributed by atoms with Gasteiger partial charge in [-0.1, -0.05) is 18.5 Å². The van der Waals surface area contributed by atoms with Crippen molar-refractivity contribution in [3.05, 3.63) is 23.4 Å². The second-order valence-electron chi connectivity index (χ2n) is 5.68. The third-order valence-electron chi connectivity index (χ3n) is 3.62. The summed E-state index contributed by atoms with van der Waals surface area (Å²) < 4.78 is 5.38. The van der Waals surface area contributed by atoms with E-state index in [2.05, 4.69) is 10.3 Å². The van der Waals surface area contributed by atoms with Crippen LogP contribution in [0, 0.1) is 11.8 Å². The van der Waals surface area contributed by atoms with Crippen molar-refractivity contribution in [2.24, 2.45) is 11.8 Å². The molecule has 1 aromatic rings. The van der Waals surface area contributed by atoms with Crippen LogP contribution < -0.4 is 10.1 Å². The Kier molecular flexibility index (Phi) is 6.04. The number of ether oxygens (including phenoxy) is 1. The number of aliphatic carboxylic acids is 1. The number of likely N-dealkylation sites (tertiary alicyclic amines) is 1. The quantitative estimate of drug-likeness (QED) is 0.798. The minimum Gasteiger partial charge on any atom is -0.481 e. The van der Waals surface area contributed by atoms with Crippen molar-refractivity contribution in [1.29, 1.82) is 0 Å². The maximum absolute atomic E-state index is 12.1. The summed E-state index contributed by atoms with van der Waals surface area (Å²) in [6, 6.07) is 3.05. The number of nitrogens with zero attached hydrogens (tertiary/aromatic N) is 2. The molecule has 7 nitrogen and oxygen atoms in total. The lowest BCUT2D eigenvalue weighted by atomic mass is 9.91. The van der Waals surface area contributed by atoms with Crippen LogP contribution in [0.1, 0.15) is 13.3 Å². The van der Waals surface area contributed by atoms with Gasteiger partial charge in [-0.25, -0.2) is 9.78 Å². The van der Waals surface area contributed by atoms with Crippen LogP contribution >= 0.6 is 11.6 Å². The van der Waals surface area contributed by atoms with E-state index in [0.717, 1.165) is 0 Å².